The fourth-order valence-electron chi connectivity index (χ4n) is 3.04. The van der Waals surface area contributed by atoms with E-state index in [2.05, 4.69) is 17.1 Å². The zero-order valence-corrected chi connectivity index (χ0v) is 11.6. The van der Waals surface area contributed by atoms with Crippen molar-refractivity contribution in [1.29, 1.82) is 0 Å². The van der Waals surface area contributed by atoms with Crippen molar-refractivity contribution in [2.45, 2.75) is 64.3 Å². The van der Waals surface area contributed by atoms with Gasteiger partial charge in [0.1, 0.15) is 0 Å². The zero-order chi connectivity index (χ0) is 11.9. The summed E-state index contributed by atoms with van der Waals surface area (Å²) >= 11 is 0. The minimum absolute atomic E-state index is 0.882. The highest BCUT2D eigenvalue weighted by molar-refractivity contribution is 4.80. The molecule has 0 bridgehead atoms. The van der Waals surface area contributed by atoms with Crippen molar-refractivity contribution in [2.75, 3.05) is 26.2 Å². The van der Waals surface area contributed by atoms with Crippen LogP contribution >= 0.6 is 0 Å². The van der Waals surface area contributed by atoms with Gasteiger partial charge in [-0.1, -0.05) is 19.8 Å². The molecule has 100 valence electrons. The average Bonchev–Trinajstić information content (AvgIpc) is 3.13. The summed E-state index contributed by atoms with van der Waals surface area (Å²) in [5, 5.41) is 3.61. The molecule has 1 N–H and O–H groups in total. The van der Waals surface area contributed by atoms with Gasteiger partial charge in [0.05, 0.1) is 0 Å². The summed E-state index contributed by atoms with van der Waals surface area (Å²) < 4.78 is 0. The van der Waals surface area contributed by atoms with Crippen molar-refractivity contribution in [3.63, 3.8) is 0 Å². The molecule has 2 heteroatoms. The molecule has 2 aliphatic rings. The van der Waals surface area contributed by atoms with Crippen LogP contribution in [-0.2, 0) is 0 Å². The minimum Gasteiger partial charge on any atom is -0.314 e. The first-order valence-corrected chi connectivity index (χ1v) is 7.84. The third-order valence-electron chi connectivity index (χ3n) is 4.30. The molecule has 0 aromatic heterocycles. The molecule has 2 rings (SSSR count). The van der Waals surface area contributed by atoms with E-state index in [0.29, 0.717) is 0 Å². The maximum Gasteiger partial charge on any atom is 0.00682 e. The molecule has 1 saturated carbocycles. The quantitative estimate of drug-likeness (QED) is 0.686. The van der Waals surface area contributed by atoms with Crippen molar-refractivity contribution in [2.24, 2.45) is 5.92 Å². The maximum atomic E-state index is 3.61. The van der Waals surface area contributed by atoms with Gasteiger partial charge in [0.15, 0.2) is 0 Å². The number of hydrogen-bond donors (Lipinski definition) is 1. The highest BCUT2D eigenvalue weighted by Gasteiger charge is 2.20. The van der Waals surface area contributed by atoms with Crippen molar-refractivity contribution in [1.82, 2.24) is 10.2 Å². The number of hydrogen-bond acceptors (Lipinski definition) is 2. The SMILES string of the molecule is CCCC1CCCN(CCCNC2CC2)CC1. The van der Waals surface area contributed by atoms with Crippen LogP contribution in [0.4, 0.5) is 0 Å². The first kappa shape index (κ1) is 13.4. The number of nitrogens with one attached hydrogen (secondary N) is 1. The second-order valence-electron chi connectivity index (χ2n) is 6.01. The van der Waals surface area contributed by atoms with Gasteiger partial charge < -0.3 is 10.2 Å². The molecule has 0 spiro atoms. The van der Waals surface area contributed by atoms with Gasteiger partial charge in [-0.25, -0.2) is 0 Å². The lowest BCUT2D eigenvalue weighted by molar-refractivity contribution is 0.274. The fraction of sp³-hybridized carbons (Fsp3) is 1.00. The molecule has 1 heterocycles. The monoisotopic (exact) mass is 238 g/mol. The van der Waals surface area contributed by atoms with Crippen LogP contribution in [0.2, 0.25) is 0 Å². The van der Waals surface area contributed by atoms with Crippen LogP contribution in [-0.4, -0.2) is 37.1 Å². The van der Waals surface area contributed by atoms with Crippen LogP contribution in [0.15, 0.2) is 0 Å². The number of rotatable bonds is 7. The van der Waals surface area contributed by atoms with E-state index < -0.39 is 0 Å². The van der Waals surface area contributed by atoms with E-state index in [4.69, 9.17) is 0 Å². The Kier molecular flexibility index (Phi) is 5.79. The Morgan fingerprint density at radius 3 is 2.76 bits per heavy atom. The van der Waals surface area contributed by atoms with Gasteiger partial charge in [0, 0.05) is 6.04 Å². The van der Waals surface area contributed by atoms with Crippen LogP contribution < -0.4 is 5.32 Å². The highest BCUT2D eigenvalue weighted by atomic mass is 15.1. The first-order chi connectivity index (χ1) is 8.38. The Hall–Kier alpha value is -0.0800. The topological polar surface area (TPSA) is 15.3 Å². The van der Waals surface area contributed by atoms with E-state index in [0.717, 1.165) is 12.0 Å². The second-order valence-corrected chi connectivity index (χ2v) is 6.01. The van der Waals surface area contributed by atoms with Crippen molar-refractivity contribution < 1.29 is 0 Å². The summed E-state index contributed by atoms with van der Waals surface area (Å²) in [6, 6.07) is 0.882. The summed E-state index contributed by atoms with van der Waals surface area (Å²) in [5.74, 6) is 1.02. The van der Waals surface area contributed by atoms with Crippen LogP contribution in [0.3, 0.4) is 0 Å². The van der Waals surface area contributed by atoms with Gasteiger partial charge >= 0.3 is 0 Å². The Morgan fingerprint density at radius 1 is 1.12 bits per heavy atom. The van der Waals surface area contributed by atoms with Gasteiger partial charge in [-0.3, -0.25) is 0 Å². The summed E-state index contributed by atoms with van der Waals surface area (Å²) in [5.41, 5.74) is 0. The lowest BCUT2D eigenvalue weighted by Gasteiger charge is -2.20. The predicted octanol–water partition coefficient (Wildman–Crippen LogP) is 3.03. The third-order valence-corrected chi connectivity index (χ3v) is 4.30. The molecule has 1 atom stereocenters. The molecule has 2 nitrogen and oxygen atoms in total. The van der Waals surface area contributed by atoms with Gasteiger partial charge in [-0.15, -0.1) is 0 Å². The van der Waals surface area contributed by atoms with E-state index in [-0.39, 0.29) is 0 Å². The zero-order valence-electron chi connectivity index (χ0n) is 11.6. The lowest BCUT2D eigenvalue weighted by atomic mass is 9.96. The molecule has 0 amide bonds. The molecule has 1 aliphatic heterocycles. The van der Waals surface area contributed by atoms with Crippen molar-refractivity contribution >= 4 is 0 Å². The van der Waals surface area contributed by atoms with Crippen LogP contribution in [0.25, 0.3) is 0 Å². The molecule has 1 aliphatic carbocycles. The van der Waals surface area contributed by atoms with E-state index in [1.54, 1.807) is 0 Å². The highest BCUT2D eigenvalue weighted by Crippen LogP contribution is 2.22. The molecule has 17 heavy (non-hydrogen) atoms. The lowest BCUT2D eigenvalue weighted by Crippen LogP contribution is -2.29. The van der Waals surface area contributed by atoms with Gasteiger partial charge in [0.2, 0.25) is 0 Å². The smallest absolute Gasteiger partial charge is 0.00682 e. The number of nitrogens with zero attached hydrogens (tertiary/aromatic N) is 1. The van der Waals surface area contributed by atoms with Gasteiger partial charge in [0.25, 0.3) is 0 Å². The van der Waals surface area contributed by atoms with E-state index in [1.807, 2.05) is 0 Å². The normalized spacial score (nSPS) is 27.0. The van der Waals surface area contributed by atoms with Crippen molar-refractivity contribution in [3.8, 4) is 0 Å². The molecule has 1 unspecified atom stereocenters. The Balaban J connectivity index is 1.54. The minimum atomic E-state index is 0.882. The van der Waals surface area contributed by atoms with Gasteiger partial charge in [-0.2, -0.15) is 0 Å². The molecule has 0 radical (unpaired) electrons. The average molecular weight is 238 g/mol. The maximum absolute atomic E-state index is 3.61. The number of likely N-dealkylation sites (tertiary alicyclic amines) is 1. The van der Waals surface area contributed by atoms with E-state index in [9.17, 15) is 0 Å². The van der Waals surface area contributed by atoms with Gasteiger partial charge in [-0.05, 0) is 70.6 Å². The van der Waals surface area contributed by atoms with Crippen LogP contribution in [0.5, 0.6) is 0 Å². The molecule has 1 saturated heterocycles. The summed E-state index contributed by atoms with van der Waals surface area (Å²) in [6.45, 7) is 7.59. The molecular formula is C15H30N2. The Morgan fingerprint density at radius 2 is 2.00 bits per heavy atom. The first-order valence-electron chi connectivity index (χ1n) is 7.84. The van der Waals surface area contributed by atoms with Crippen LogP contribution in [0, 0.1) is 5.92 Å². The van der Waals surface area contributed by atoms with E-state index in [1.165, 1.54) is 77.5 Å². The molecule has 0 aromatic rings. The van der Waals surface area contributed by atoms with E-state index >= 15 is 0 Å². The Bertz CT molecular complexity index is 201. The Labute approximate surface area is 107 Å². The largest absolute Gasteiger partial charge is 0.314 e. The third kappa shape index (κ3) is 5.39. The molecule has 2 fully saturated rings. The second kappa shape index (κ2) is 7.38. The van der Waals surface area contributed by atoms with Crippen LogP contribution in [0.1, 0.15) is 58.3 Å². The fourth-order valence-corrected chi connectivity index (χ4v) is 3.04. The standard InChI is InChI=1S/C15H30N2/c1-2-5-14-6-3-11-17(13-9-14)12-4-10-16-15-7-8-15/h14-16H,2-13H2,1H3. The predicted molar refractivity (Wildman–Crippen MR) is 74.3 cm³/mol. The molecular weight excluding hydrogens is 208 g/mol. The summed E-state index contributed by atoms with van der Waals surface area (Å²) in [4.78, 5) is 2.70. The van der Waals surface area contributed by atoms with Crippen molar-refractivity contribution in [3.05, 3.63) is 0 Å². The summed E-state index contributed by atoms with van der Waals surface area (Å²) in [6.07, 6.45) is 11.4. The summed E-state index contributed by atoms with van der Waals surface area (Å²) in [7, 11) is 0. The molecule has 0 aromatic carbocycles.